The molecule has 1 aromatic carbocycles. The van der Waals surface area contributed by atoms with Crippen LogP contribution < -0.4 is 5.43 Å². The summed E-state index contributed by atoms with van der Waals surface area (Å²) in [5.74, 6) is 0. The number of nitrogens with one attached hydrogen (secondary N) is 1. The lowest BCUT2D eigenvalue weighted by Crippen LogP contribution is -1.97. The van der Waals surface area contributed by atoms with Crippen molar-refractivity contribution >= 4 is 11.4 Å². The molecule has 0 aliphatic carbocycles. The van der Waals surface area contributed by atoms with Gasteiger partial charge in [0.05, 0.1) is 5.69 Å². The predicted molar refractivity (Wildman–Crippen MR) is 109 cm³/mol. The fourth-order valence-electron chi connectivity index (χ4n) is 2.95. The molecular weight excluding hydrogens is 292 g/mol. The molecule has 1 N–H and O–H groups in total. The number of benzene rings is 1. The first-order valence-electron chi connectivity index (χ1n) is 10.2. The Morgan fingerprint density at radius 3 is 1.79 bits per heavy atom. The predicted octanol–water partition coefficient (Wildman–Crippen LogP) is 7.57. The van der Waals surface area contributed by atoms with E-state index in [1.807, 2.05) is 30.3 Å². The summed E-state index contributed by atoms with van der Waals surface area (Å²) in [7, 11) is 0. The summed E-state index contributed by atoms with van der Waals surface area (Å²) in [5, 5.41) is 4.45. The molecule has 0 aliphatic rings. The highest BCUT2D eigenvalue weighted by molar-refractivity contribution is 5.82. The standard InChI is InChI=1S/C22H38N2/c1-3-4-5-6-7-8-9-10-11-12-13-15-18-21(2)23-24-22-19-16-14-17-20-22/h14,16-17,19-20,24H,3-13,15,18H2,1-2H3/b23-21-. The van der Waals surface area contributed by atoms with Gasteiger partial charge in [0.25, 0.3) is 0 Å². The first-order chi connectivity index (χ1) is 11.8. The summed E-state index contributed by atoms with van der Waals surface area (Å²) in [5.41, 5.74) is 5.39. The number of rotatable bonds is 15. The lowest BCUT2D eigenvalue weighted by atomic mass is 10.0. The molecular formula is C22H38N2. The Morgan fingerprint density at radius 1 is 0.750 bits per heavy atom. The van der Waals surface area contributed by atoms with E-state index in [9.17, 15) is 0 Å². The van der Waals surface area contributed by atoms with Crippen molar-refractivity contribution in [3.05, 3.63) is 30.3 Å². The number of hydrogen-bond donors (Lipinski definition) is 1. The zero-order valence-corrected chi connectivity index (χ0v) is 16.0. The van der Waals surface area contributed by atoms with E-state index < -0.39 is 0 Å². The Bertz CT molecular complexity index is 411. The zero-order chi connectivity index (χ0) is 17.3. The number of hydrazone groups is 1. The maximum Gasteiger partial charge on any atom is 0.0561 e. The highest BCUT2D eigenvalue weighted by Crippen LogP contribution is 2.13. The lowest BCUT2D eigenvalue weighted by molar-refractivity contribution is 0.546. The topological polar surface area (TPSA) is 24.4 Å². The van der Waals surface area contributed by atoms with Gasteiger partial charge in [-0.3, -0.25) is 5.43 Å². The minimum Gasteiger partial charge on any atom is -0.279 e. The molecule has 0 amide bonds. The summed E-state index contributed by atoms with van der Waals surface area (Å²) in [4.78, 5) is 0. The van der Waals surface area contributed by atoms with Crippen LogP contribution in [0.3, 0.4) is 0 Å². The molecule has 0 spiro atoms. The van der Waals surface area contributed by atoms with Gasteiger partial charge in [-0.2, -0.15) is 5.10 Å². The first kappa shape index (κ1) is 20.7. The first-order valence-corrected chi connectivity index (χ1v) is 10.2. The molecule has 136 valence electrons. The van der Waals surface area contributed by atoms with Crippen LogP contribution in [0.25, 0.3) is 0 Å². The van der Waals surface area contributed by atoms with Crippen LogP contribution in [0.2, 0.25) is 0 Å². The van der Waals surface area contributed by atoms with Crippen LogP contribution in [0.15, 0.2) is 35.4 Å². The second-order valence-electron chi connectivity index (χ2n) is 6.96. The van der Waals surface area contributed by atoms with Crippen molar-refractivity contribution in [1.29, 1.82) is 0 Å². The van der Waals surface area contributed by atoms with E-state index in [1.54, 1.807) is 0 Å². The Labute approximate surface area is 150 Å². The van der Waals surface area contributed by atoms with Gasteiger partial charge >= 0.3 is 0 Å². The van der Waals surface area contributed by atoms with Gasteiger partial charge in [-0.05, 0) is 31.9 Å². The largest absolute Gasteiger partial charge is 0.279 e. The fourth-order valence-corrected chi connectivity index (χ4v) is 2.95. The van der Waals surface area contributed by atoms with Crippen molar-refractivity contribution in [2.45, 2.75) is 97.3 Å². The second-order valence-corrected chi connectivity index (χ2v) is 6.96. The van der Waals surface area contributed by atoms with Crippen molar-refractivity contribution in [1.82, 2.24) is 0 Å². The van der Waals surface area contributed by atoms with Gasteiger partial charge in [0, 0.05) is 5.71 Å². The van der Waals surface area contributed by atoms with Crippen molar-refractivity contribution in [2.24, 2.45) is 5.10 Å². The smallest absolute Gasteiger partial charge is 0.0561 e. The third-order valence-electron chi connectivity index (χ3n) is 4.54. The molecule has 0 unspecified atom stereocenters. The van der Waals surface area contributed by atoms with Crippen LogP contribution in [0.5, 0.6) is 0 Å². The third-order valence-corrected chi connectivity index (χ3v) is 4.54. The molecule has 0 bridgehead atoms. The van der Waals surface area contributed by atoms with Crippen LogP contribution in [0.4, 0.5) is 5.69 Å². The van der Waals surface area contributed by atoms with E-state index in [4.69, 9.17) is 0 Å². The van der Waals surface area contributed by atoms with Crippen molar-refractivity contribution in [3.63, 3.8) is 0 Å². The monoisotopic (exact) mass is 330 g/mol. The highest BCUT2D eigenvalue weighted by Gasteiger charge is 1.96. The van der Waals surface area contributed by atoms with Gasteiger partial charge < -0.3 is 0 Å². The van der Waals surface area contributed by atoms with E-state index in [2.05, 4.69) is 24.4 Å². The molecule has 0 saturated heterocycles. The van der Waals surface area contributed by atoms with Gasteiger partial charge in [0.1, 0.15) is 0 Å². The fraction of sp³-hybridized carbons (Fsp3) is 0.682. The van der Waals surface area contributed by atoms with Crippen molar-refractivity contribution in [2.75, 3.05) is 5.43 Å². The Balaban J connectivity index is 1.87. The van der Waals surface area contributed by atoms with E-state index in [-0.39, 0.29) is 0 Å². The van der Waals surface area contributed by atoms with E-state index in [1.165, 1.54) is 82.8 Å². The molecule has 0 heterocycles. The summed E-state index contributed by atoms with van der Waals surface area (Å²) in [6.45, 7) is 4.40. The van der Waals surface area contributed by atoms with Gasteiger partial charge in [-0.25, -0.2) is 0 Å². The summed E-state index contributed by atoms with van der Waals surface area (Å²) in [6, 6.07) is 10.2. The van der Waals surface area contributed by atoms with Crippen LogP contribution in [-0.4, -0.2) is 5.71 Å². The summed E-state index contributed by atoms with van der Waals surface area (Å²) >= 11 is 0. The summed E-state index contributed by atoms with van der Waals surface area (Å²) < 4.78 is 0. The van der Waals surface area contributed by atoms with E-state index >= 15 is 0 Å². The number of hydrogen-bond acceptors (Lipinski definition) is 2. The van der Waals surface area contributed by atoms with Gasteiger partial charge in [0.15, 0.2) is 0 Å². The molecule has 0 fully saturated rings. The number of anilines is 1. The van der Waals surface area contributed by atoms with Gasteiger partial charge in [0.2, 0.25) is 0 Å². The maximum absolute atomic E-state index is 4.45. The third kappa shape index (κ3) is 12.2. The van der Waals surface area contributed by atoms with Crippen LogP contribution in [0.1, 0.15) is 97.3 Å². The molecule has 2 nitrogen and oxygen atoms in total. The molecule has 0 aromatic heterocycles. The average Bonchev–Trinajstić information content (AvgIpc) is 2.62. The Morgan fingerprint density at radius 2 is 1.25 bits per heavy atom. The lowest BCUT2D eigenvalue weighted by Gasteiger charge is -2.04. The SMILES string of the molecule is CCCCCCCCCCCCCC/C(C)=N\Nc1ccccc1. The Hall–Kier alpha value is -1.31. The summed E-state index contributed by atoms with van der Waals surface area (Å²) in [6.07, 6.45) is 17.9. The molecule has 0 aliphatic heterocycles. The molecule has 24 heavy (non-hydrogen) atoms. The number of unbranched alkanes of at least 4 members (excludes halogenated alkanes) is 11. The molecule has 1 aromatic rings. The normalized spacial score (nSPS) is 11.7. The second kappa shape index (κ2) is 15.2. The van der Waals surface area contributed by atoms with Gasteiger partial charge in [-0.1, -0.05) is 95.8 Å². The molecule has 0 atom stereocenters. The maximum atomic E-state index is 4.45. The minimum atomic E-state index is 1.06. The number of para-hydroxylation sites is 1. The van der Waals surface area contributed by atoms with Crippen molar-refractivity contribution < 1.29 is 0 Å². The molecule has 1 rings (SSSR count). The zero-order valence-electron chi connectivity index (χ0n) is 16.0. The van der Waals surface area contributed by atoms with E-state index in [0.717, 1.165) is 12.1 Å². The minimum absolute atomic E-state index is 1.06. The van der Waals surface area contributed by atoms with Crippen LogP contribution in [0, 0.1) is 0 Å². The average molecular weight is 331 g/mol. The molecule has 0 radical (unpaired) electrons. The van der Waals surface area contributed by atoms with Crippen molar-refractivity contribution in [3.8, 4) is 0 Å². The molecule has 0 saturated carbocycles. The number of nitrogens with zero attached hydrogens (tertiary/aromatic N) is 1. The highest BCUT2D eigenvalue weighted by atomic mass is 15.3. The van der Waals surface area contributed by atoms with Crippen LogP contribution in [-0.2, 0) is 0 Å². The molecule has 2 heteroatoms. The quantitative estimate of drug-likeness (QED) is 0.200. The van der Waals surface area contributed by atoms with Gasteiger partial charge in [-0.15, -0.1) is 0 Å². The Kier molecular flexibility index (Phi) is 13.2. The van der Waals surface area contributed by atoms with Crippen LogP contribution >= 0.6 is 0 Å². The van der Waals surface area contributed by atoms with E-state index in [0.29, 0.717) is 0 Å².